The molecule has 0 bridgehead atoms. The lowest BCUT2D eigenvalue weighted by Gasteiger charge is -2.52. The Kier molecular flexibility index (Phi) is 5.27. The average molecular weight is 267 g/mol. The number of hydrogen-bond acceptors (Lipinski definition) is 3. The first-order valence-electron chi connectivity index (χ1n) is 8.22. The minimum absolute atomic E-state index is 0.501. The number of likely N-dealkylation sites (tertiary alicyclic amines) is 1. The Labute approximate surface area is 119 Å². The molecule has 0 aromatic rings. The minimum Gasteiger partial charge on any atom is -0.304 e. The summed E-state index contributed by atoms with van der Waals surface area (Å²) in [5.41, 5.74) is 0.501. The molecule has 2 aliphatic rings. The van der Waals surface area contributed by atoms with Crippen LogP contribution in [0.3, 0.4) is 0 Å². The van der Waals surface area contributed by atoms with Crippen LogP contribution in [0.2, 0.25) is 0 Å². The number of nitrogens with zero attached hydrogens (tertiary/aromatic N) is 3. The second-order valence-electron chi connectivity index (χ2n) is 7.05. The molecule has 0 aromatic heterocycles. The number of piperazine rings is 1. The molecule has 0 N–H and O–H groups in total. The fraction of sp³-hybridized carbons (Fsp3) is 1.00. The van der Waals surface area contributed by atoms with E-state index < -0.39 is 0 Å². The lowest BCUT2D eigenvalue weighted by atomic mass is 9.78. The van der Waals surface area contributed by atoms with Crippen LogP contribution in [-0.2, 0) is 0 Å². The molecule has 0 atom stereocenters. The minimum atomic E-state index is 0.501. The van der Waals surface area contributed by atoms with Crippen molar-refractivity contribution in [2.24, 2.45) is 5.92 Å². The molecule has 0 aliphatic carbocycles. The summed E-state index contributed by atoms with van der Waals surface area (Å²) in [6.45, 7) is 15.9. The van der Waals surface area contributed by atoms with E-state index in [-0.39, 0.29) is 0 Å². The molecule has 2 aliphatic heterocycles. The van der Waals surface area contributed by atoms with Gasteiger partial charge in [-0.3, -0.25) is 4.90 Å². The van der Waals surface area contributed by atoms with Crippen LogP contribution >= 0.6 is 0 Å². The Bertz CT molecular complexity index is 261. The van der Waals surface area contributed by atoms with Crippen molar-refractivity contribution in [1.29, 1.82) is 0 Å². The van der Waals surface area contributed by atoms with Gasteiger partial charge >= 0.3 is 0 Å². The molecule has 2 rings (SSSR count). The Hall–Kier alpha value is -0.120. The van der Waals surface area contributed by atoms with Crippen molar-refractivity contribution < 1.29 is 0 Å². The molecular weight excluding hydrogens is 234 g/mol. The van der Waals surface area contributed by atoms with E-state index in [1.807, 2.05) is 0 Å². The van der Waals surface area contributed by atoms with Gasteiger partial charge in [0.2, 0.25) is 0 Å². The van der Waals surface area contributed by atoms with Gasteiger partial charge < -0.3 is 9.80 Å². The average Bonchev–Trinajstić information content (AvgIpc) is 2.39. The fourth-order valence-corrected chi connectivity index (χ4v) is 3.98. The summed E-state index contributed by atoms with van der Waals surface area (Å²) in [4.78, 5) is 7.93. The van der Waals surface area contributed by atoms with Gasteiger partial charge in [-0.1, -0.05) is 20.8 Å². The second-order valence-corrected chi connectivity index (χ2v) is 7.05. The summed E-state index contributed by atoms with van der Waals surface area (Å²) >= 11 is 0. The van der Waals surface area contributed by atoms with Crippen LogP contribution in [0.1, 0.15) is 40.0 Å². The van der Waals surface area contributed by atoms with Crippen molar-refractivity contribution in [1.82, 2.24) is 14.7 Å². The lowest BCUT2D eigenvalue weighted by molar-refractivity contribution is -0.0179. The van der Waals surface area contributed by atoms with Crippen LogP contribution in [0.5, 0.6) is 0 Å². The number of likely N-dealkylation sites (N-methyl/N-ethyl adjacent to an activating group) is 1. The Balaban J connectivity index is 2.03. The van der Waals surface area contributed by atoms with Gasteiger partial charge in [-0.2, -0.15) is 0 Å². The molecule has 19 heavy (non-hydrogen) atoms. The molecule has 3 nitrogen and oxygen atoms in total. The summed E-state index contributed by atoms with van der Waals surface area (Å²) in [6, 6.07) is 0. The Morgan fingerprint density at radius 3 is 2.00 bits per heavy atom. The van der Waals surface area contributed by atoms with Gasteiger partial charge in [-0.25, -0.2) is 0 Å². The van der Waals surface area contributed by atoms with Crippen molar-refractivity contribution in [3.8, 4) is 0 Å². The van der Waals surface area contributed by atoms with Gasteiger partial charge in [-0.05, 0) is 51.9 Å². The van der Waals surface area contributed by atoms with Crippen LogP contribution in [0, 0.1) is 5.92 Å². The molecule has 112 valence electrons. The first-order valence-corrected chi connectivity index (χ1v) is 8.22. The third-order valence-corrected chi connectivity index (χ3v) is 5.20. The predicted molar refractivity (Wildman–Crippen MR) is 82.6 cm³/mol. The van der Waals surface area contributed by atoms with Crippen LogP contribution in [0.25, 0.3) is 0 Å². The molecule has 0 spiro atoms. The van der Waals surface area contributed by atoms with E-state index >= 15 is 0 Å². The number of rotatable bonds is 4. The highest BCUT2D eigenvalue weighted by Gasteiger charge is 2.40. The fourth-order valence-electron chi connectivity index (χ4n) is 3.98. The van der Waals surface area contributed by atoms with E-state index in [0.717, 1.165) is 5.92 Å². The molecular formula is C16H33N3. The molecule has 2 saturated heterocycles. The third-order valence-electron chi connectivity index (χ3n) is 5.20. The monoisotopic (exact) mass is 267 g/mol. The van der Waals surface area contributed by atoms with Crippen molar-refractivity contribution in [2.45, 2.75) is 45.6 Å². The van der Waals surface area contributed by atoms with Crippen molar-refractivity contribution >= 4 is 0 Å². The highest BCUT2D eigenvalue weighted by Crippen LogP contribution is 2.35. The number of hydrogen-bond donors (Lipinski definition) is 0. The maximum atomic E-state index is 2.83. The molecule has 0 radical (unpaired) electrons. The molecule has 2 fully saturated rings. The van der Waals surface area contributed by atoms with Crippen molar-refractivity contribution in [3.63, 3.8) is 0 Å². The van der Waals surface area contributed by atoms with E-state index in [2.05, 4.69) is 42.5 Å². The summed E-state index contributed by atoms with van der Waals surface area (Å²) in [7, 11) is 2.26. The topological polar surface area (TPSA) is 9.72 Å². The maximum absolute atomic E-state index is 2.83. The Morgan fingerprint density at radius 1 is 0.947 bits per heavy atom. The zero-order valence-corrected chi connectivity index (χ0v) is 13.5. The van der Waals surface area contributed by atoms with Crippen LogP contribution < -0.4 is 0 Å². The molecule has 0 aromatic carbocycles. The SMILES string of the molecule is CCN1CCC(CC(C)C)(N2CCN(C)CC2)CC1. The largest absolute Gasteiger partial charge is 0.304 e. The smallest absolute Gasteiger partial charge is 0.0237 e. The van der Waals surface area contributed by atoms with E-state index in [9.17, 15) is 0 Å². The van der Waals surface area contributed by atoms with E-state index in [4.69, 9.17) is 0 Å². The van der Waals surface area contributed by atoms with Gasteiger partial charge in [0, 0.05) is 31.7 Å². The quantitative estimate of drug-likeness (QED) is 0.773. The Morgan fingerprint density at radius 2 is 1.53 bits per heavy atom. The van der Waals surface area contributed by atoms with E-state index in [1.165, 1.54) is 65.1 Å². The summed E-state index contributed by atoms with van der Waals surface area (Å²) in [6.07, 6.45) is 4.14. The summed E-state index contributed by atoms with van der Waals surface area (Å²) in [5, 5.41) is 0. The molecule has 2 heterocycles. The van der Waals surface area contributed by atoms with E-state index in [1.54, 1.807) is 0 Å². The van der Waals surface area contributed by atoms with Gasteiger partial charge in [-0.15, -0.1) is 0 Å². The van der Waals surface area contributed by atoms with Crippen LogP contribution in [-0.4, -0.2) is 73.1 Å². The van der Waals surface area contributed by atoms with Crippen molar-refractivity contribution in [3.05, 3.63) is 0 Å². The lowest BCUT2D eigenvalue weighted by Crippen LogP contribution is -2.60. The molecule has 0 saturated carbocycles. The standard InChI is InChI=1S/C16H33N3/c1-5-18-8-6-16(7-9-18,14-15(2)3)19-12-10-17(4)11-13-19/h15H,5-14H2,1-4H3. The summed E-state index contributed by atoms with van der Waals surface area (Å²) in [5.74, 6) is 0.813. The van der Waals surface area contributed by atoms with E-state index in [0.29, 0.717) is 5.54 Å². The van der Waals surface area contributed by atoms with Gasteiger partial charge in [0.15, 0.2) is 0 Å². The van der Waals surface area contributed by atoms with Gasteiger partial charge in [0.1, 0.15) is 0 Å². The normalized spacial score (nSPS) is 27.0. The first-order chi connectivity index (χ1) is 9.05. The molecule has 0 amide bonds. The molecule has 3 heteroatoms. The van der Waals surface area contributed by atoms with Crippen molar-refractivity contribution in [2.75, 3.05) is 52.9 Å². The maximum Gasteiger partial charge on any atom is 0.0237 e. The third kappa shape index (κ3) is 3.71. The highest BCUT2D eigenvalue weighted by atomic mass is 15.3. The first kappa shape index (κ1) is 15.3. The second kappa shape index (κ2) is 6.55. The highest BCUT2D eigenvalue weighted by molar-refractivity contribution is 4.97. The number of piperidine rings is 1. The van der Waals surface area contributed by atoms with Crippen LogP contribution in [0.15, 0.2) is 0 Å². The van der Waals surface area contributed by atoms with Crippen LogP contribution in [0.4, 0.5) is 0 Å². The van der Waals surface area contributed by atoms with Gasteiger partial charge in [0.05, 0.1) is 0 Å². The molecule has 0 unspecified atom stereocenters. The van der Waals surface area contributed by atoms with Gasteiger partial charge in [0.25, 0.3) is 0 Å². The summed E-state index contributed by atoms with van der Waals surface area (Å²) < 4.78 is 0. The predicted octanol–water partition coefficient (Wildman–Crippen LogP) is 2.13. The zero-order chi connectivity index (χ0) is 13.9. The zero-order valence-electron chi connectivity index (χ0n) is 13.5.